The Morgan fingerprint density at radius 2 is 1.96 bits per heavy atom. The van der Waals surface area contributed by atoms with Gasteiger partial charge in [-0.05, 0) is 50.3 Å². The Kier molecular flexibility index (Phi) is 6.48. The zero-order valence-corrected chi connectivity index (χ0v) is 17.6. The van der Waals surface area contributed by atoms with Crippen molar-refractivity contribution in [1.29, 1.82) is 0 Å². The van der Waals surface area contributed by atoms with Crippen molar-refractivity contribution in [2.75, 3.05) is 13.1 Å². The molecule has 1 aliphatic heterocycles. The second kappa shape index (κ2) is 8.65. The third-order valence-electron chi connectivity index (χ3n) is 4.86. The summed E-state index contributed by atoms with van der Waals surface area (Å²) in [6.45, 7) is 8.40. The Hall–Kier alpha value is -1.53. The van der Waals surface area contributed by atoms with Crippen LogP contribution in [0.5, 0.6) is 0 Å². The topological polar surface area (TPSA) is 55.2 Å². The SMILES string of the molecule is CC(C)CCn1c(S[C@@H](C)C(=O)N2CCCC2)nc2cc(Cl)ccc2c1=O. The van der Waals surface area contributed by atoms with Gasteiger partial charge in [0.1, 0.15) is 0 Å². The average Bonchev–Trinajstić information content (AvgIpc) is 3.14. The number of hydrogen-bond donors (Lipinski definition) is 0. The third kappa shape index (κ3) is 4.66. The van der Waals surface area contributed by atoms with E-state index in [1.165, 1.54) is 11.8 Å². The number of likely N-dealkylation sites (tertiary alicyclic amines) is 1. The summed E-state index contributed by atoms with van der Waals surface area (Å²) in [4.78, 5) is 32.4. The molecule has 1 amide bonds. The summed E-state index contributed by atoms with van der Waals surface area (Å²) < 4.78 is 1.72. The van der Waals surface area contributed by atoms with Gasteiger partial charge in [0, 0.05) is 24.7 Å². The first kappa shape index (κ1) is 20.2. The van der Waals surface area contributed by atoms with E-state index in [0.29, 0.717) is 33.5 Å². The summed E-state index contributed by atoms with van der Waals surface area (Å²) >= 11 is 7.46. The van der Waals surface area contributed by atoms with Crippen LogP contribution in [0.3, 0.4) is 0 Å². The van der Waals surface area contributed by atoms with Gasteiger partial charge in [-0.1, -0.05) is 37.2 Å². The molecule has 7 heteroatoms. The molecule has 0 N–H and O–H groups in total. The lowest BCUT2D eigenvalue weighted by Gasteiger charge is -2.21. The van der Waals surface area contributed by atoms with Gasteiger partial charge in [0.2, 0.25) is 5.91 Å². The molecule has 0 saturated carbocycles. The number of thioether (sulfide) groups is 1. The molecule has 1 atom stereocenters. The third-order valence-corrected chi connectivity index (χ3v) is 6.17. The maximum Gasteiger partial charge on any atom is 0.262 e. The number of rotatable bonds is 6. The predicted octanol–water partition coefficient (Wildman–Crippen LogP) is 4.20. The number of halogens is 1. The van der Waals surface area contributed by atoms with E-state index in [9.17, 15) is 9.59 Å². The second-order valence-corrected chi connectivity index (χ2v) is 9.23. The molecule has 2 heterocycles. The van der Waals surface area contributed by atoms with Gasteiger partial charge in [-0.15, -0.1) is 0 Å². The van der Waals surface area contributed by atoms with Gasteiger partial charge >= 0.3 is 0 Å². The summed E-state index contributed by atoms with van der Waals surface area (Å²) in [5.41, 5.74) is 0.511. The normalized spacial score (nSPS) is 15.7. The average molecular weight is 408 g/mol. The molecule has 5 nitrogen and oxygen atoms in total. The van der Waals surface area contributed by atoms with E-state index in [2.05, 4.69) is 13.8 Å². The Morgan fingerprint density at radius 3 is 2.63 bits per heavy atom. The summed E-state index contributed by atoms with van der Waals surface area (Å²) in [7, 11) is 0. The highest BCUT2D eigenvalue weighted by Gasteiger charge is 2.25. The van der Waals surface area contributed by atoms with Gasteiger partial charge in [0.15, 0.2) is 5.16 Å². The van der Waals surface area contributed by atoms with Gasteiger partial charge in [-0.3, -0.25) is 14.2 Å². The minimum absolute atomic E-state index is 0.0689. The van der Waals surface area contributed by atoms with Crippen LogP contribution in [-0.2, 0) is 11.3 Å². The number of amides is 1. The van der Waals surface area contributed by atoms with Crippen molar-refractivity contribution in [3.8, 4) is 0 Å². The van der Waals surface area contributed by atoms with E-state index in [1.54, 1.807) is 22.8 Å². The van der Waals surface area contributed by atoms with Crippen molar-refractivity contribution in [1.82, 2.24) is 14.5 Å². The molecule has 3 rings (SSSR count). The quantitative estimate of drug-likeness (QED) is 0.532. The fraction of sp³-hybridized carbons (Fsp3) is 0.550. The van der Waals surface area contributed by atoms with Crippen molar-refractivity contribution in [3.05, 3.63) is 33.6 Å². The largest absolute Gasteiger partial charge is 0.342 e. The molecule has 27 heavy (non-hydrogen) atoms. The van der Waals surface area contributed by atoms with Gasteiger partial charge in [-0.25, -0.2) is 4.98 Å². The molecule has 0 radical (unpaired) electrons. The number of fused-ring (bicyclic) bond motifs is 1. The van der Waals surface area contributed by atoms with E-state index >= 15 is 0 Å². The maximum atomic E-state index is 13.1. The minimum Gasteiger partial charge on any atom is -0.342 e. The molecule has 0 unspecified atom stereocenters. The first-order valence-electron chi connectivity index (χ1n) is 9.52. The van der Waals surface area contributed by atoms with Crippen LogP contribution in [0.1, 0.15) is 40.0 Å². The first-order valence-corrected chi connectivity index (χ1v) is 10.8. The fourth-order valence-corrected chi connectivity index (χ4v) is 4.44. The van der Waals surface area contributed by atoms with Gasteiger partial charge in [-0.2, -0.15) is 0 Å². The van der Waals surface area contributed by atoms with E-state index in [4.69, 9.17) is 16.6 Å². The van der Waals surface area contributed by atoms with Crippen molar-refractivity contribution < 1.29 is 4.79 Å². The van der Waals surface area contributed by atoms with Crippen molar-refractivity contribution >= 4 is 40.2 Å². The molecule has 1 aromatic carbocycles. The van der Waals surface area contributed by atoms with E-state index in [-0.39, 0.29) is 16.7 Å². The van der Waals surface area contributed by atoms with Gasteiger partial charge < -0.3 is 4.90 Å². The van der Waals surface area contributed by atoms with Crippen molar-refractivity contribution in [2.45, 2.75) is 57.0 Å². The predicted molar refractivity (Wildman–Crippen MR) is 112 cm³/mol. The molecule has 146 valence electrons. The van der Waals surface area contributed by atoms with Crippen LogP contribution in [0.15, 0.2) is 28.2 Å². The first-order chi connectivity index (χ1) is 12.9. The molecule has 1 aliphatic rings. The summed E-state index contributed by atoms with van der Waals surface area (Å²) in [5.74, 6) is 0.590. The molecule has 1 saturated heterocycles. The minimum atomic E-state index is -0.281. The van der Waals surface area contributed by atoms with E-state index < -0.39 is 0 Å². The van der Waals surface area contributed by atoms with Crippen LogP contribution in [0.25, 0.3) is 10.9 Å². The highest BCUT2D eigenvalue weighted by Crippen LogP contribution is 2.26. The van der Waals surface area contributed by atoms with Crippen LogP contribution >= 0.6 is 23.4 Å². The molecule has 2 aromatic rings. The highest BCUT2D eigenvalue weighted by atomic mass is 35.5. The molecule has 0 spiro atoms. The molecule has 0 bridgehead atoms. The maximum absolute atomic E-state index is 13.1. The lowest BCUT2D eigenvalue weighted by Crippen LogP contribution is -2.34. The zero-order valence-electron chi connectivity index (χ0n) is 16.1. The number of aromatic nitrogens is 2. The summed E-state index contributed by atoms with van der Waals surface area (Å²) in [6, 6.07) is 5.15. The monoisotopic (exact) mass is 407 g/mol. The van der Waals surface area contributed by atoms with E-state index in [0.717, 1.165) is 32.4 Å². The lowest BCUT2D eigenvalue weighted by molar-refractivity contribution is -0.129. The number of nitrogens with zero attached hydrogens (tertiary/aromatic N) is 3. The van der Waals surface area contributed by atoms with E-state index in [1.807, 2.05) is 11.8 Å². The molecule has 1 fully saturated rings. The number of carbonyl (C=O) groups is 1. The van der Waals surface area contributed by atoms with Crippen molar-refractivity contribution in [2.24, 2.45) is 5.92 Å². The van der Waals surface area contributed by atoms with Crippen LogP contribution in [0, 0.1) is 5.92 Å². The lowest BCUT2D eigenvalue weighted by atomic mass is 10.1. The highest BCUT2D eigenvalue weighted by molar-refractivity contribution is 8.00. The standard InChI is InChI=1S/C20H26ClN3O2S/c1-13(2)8-11-24-19(26)16-7-6-15(21)12-17(16)22-20(24)27-14(3)18(25)23-9-4-5-10-23/h6-7,12-14H,4-5,8-11H2,1-3H3/t14-/m0/s1. The summed E-state index contributed by atoms with van der Waals surface area (Å²) in [5, 5.41) is 1.42. The Labute approximate surface area is 169 Å². The van der Waals surface area contributed by atoms with Gasteiger partial charge in [0.25, 0.3) is 5.56 Å². The molecule has 1 aromatic heterocycles. The fourth-order valence-electron chi connectivity index (χ4n) is 3.25. The van der Waals surface area contributed by atoms with Crippen LogP contribution < -0.4 is 5.56 Å². The van der Waals surface area contributed by atoms with Crippen LogP contribution in [-0.4, -0.2) is 38.7 Å². The van der Waals surface area contributed by atoms with Crippen LogP contribution in [0.4, 0.5) is 0 Å². The molecular weight excluding hydrogens is 382 g/mol. The molecule has 0 aliphatic carbocycles. The Bertz CT molecular complexity index is 891. The van der Waals surface area contributed by atoms with Crippen LogP contribution in [0.2, 0.25) is 5.02 Å². The van der Waals surface area contributed by atoms with Gasteiger partial charge in [0.05, 0.1) is 16.2 Å². The Morgan fingerprint density at radius 1 is 1.26 bits per heavy atom. The number of hydrogen-bond acceptors (Lipinski definition) is 4. The smallest absolute Gasteiger partial charge is 0.262 e. The number of benzene rings is 1. The zero-order chi connectivity index (χ0) is 19.6. The Balaban J connectivity index is 1.96. The second-order valence-electron chi connectivity index (χ2n) is 7.49. The molecular formula is C20H26ClN3O2S. The number of carbonyl (C=O) groups excluding carboxylic acids is 1. The summed E-state index contributed by atoms with van der Waals surface area (Å²) in [6.07, 6.45) is 3.01. The van der Waals surface area contributed by atoms with Crippen molar-refractivity contribution in [3.63, 3.8) is 0 Å².